The molecule has 6 nitrogen and oxygen atoms in total. The monoisotopic (exact) mass is 286 g/mol. The normalized spacial score (nSPS) is 16.6. The Morgan fingerprint density at radius 3 is 2.60 bits per heavy atom. The number of benzene rings is 1. The molecule has 1 aromatic carbocycles. The summed E-state index contributed by atoms with van der Waals surface area (Å²) in [6.45, 7) is 1.97. The van der Waals surface area contributed by atoms with Crippen LogP contribution >= 0.6 is 0 Å². The number of nitro benzene ring substituents is 1. The summed E-state index contributed by atoms with van der Waals surface area (Å²) >= 11 is 0. The van der Waals surface area contributed by atoms with Crippen molar-refractivity contribution in [3.05, 3.63) is 33.9 Å². The molecule has 1 heterocycles. The number of rotatable bonds is 4. The zero-order valence-electron chi connectivity index (χ0n) is 10.5. The first-order valence-corrected chi connectivity index (χ1v) is 5.92. The Labute approximate surface area is 112 Å². The largest absolute Gasteiger partial charge is 0.481 e. The molecule has 2 rings (SSSR count). The van der Waals surface area contributed by atoms with Crippen LogP contribution in [-0.4, -0.2) is 29.1 Å². The van der Waals surface area contributed by atoms with E-state index in [9.17, 15) is 23.7 Å². The number of carbonyl (C=O) groups is 1. The van der Waals surface area contributed by atoms with Gasteiger partial charge in [0.05, 0.1) is 10.8 Å². The molecule has 0 aliphatic carbocycles. The molecule has 1 aromatic rings. The Bertz CT molecular complexity index is 573. The molecule has 0 bridgehead atoms. The summed E-state index contributed by atoms with van der Waals surface area (Å²) in [7, 11) is 0. The maximum Gasteiger partial charge on any atom is 0.328 e. The Hall–Kier alpha value is -2.25. The first-order valence-electron chi connectivity index (χ1n) is 5.92. The third kappa shape index (κ3) is 2.40. The van der Waals surface area contributed by atoms with Gasteiger partial charge in [0.15, 0.2) is 0 Å². The van der Waals surface area contributed by atoms with Crippen LogP contribution in [0.15, 0.2) is 12.1 Å². The van der Waals surface area contributed by atoms with Crippen LogP contribution in [0.25, 0.3) is 0 Å². The summed E-state index contributed by atoms with van der Waals surface area (Å²) in [4.78, 5) is 22.2. The smallest absolute Gasteiger partial charge is 0.328 e. The van der Waals surface area contributed by atoms with Gasteiger partial charge in [0.2, 0.25) is 5.82 Å². The van der Waals surface area contributed by atoms with Crippen molar-refractivity contribution < 1.29 is 23.6 Å². The lowest BCUT2D eigenvalue weighted by atomic mass is 9.86. The van der Waals surface area contributed by atoms with Crippen LogP contribution in [-0.2, 0) is 4.79 Å². The van der Waals surface area contributed by atoms with Crippen LogP contribution in [0.1, 0.15) is 6.92 Å². The van der Waals surface area contributed by atoms with Gasteiger partial charge in [0, 0.05) is 31.1 Å². The van der Waals surface area contributed by atoms with Gasteiger partial charge in [-0.3, -0.25) is 14.9 Å². The van der Waals surface area contributed by atoms with Crippen molar-refractivity contribution in [3.63, 3.8) is 0 Å². The molecule has 1 unspecified atom stereocenters. The van der Waals surface area contributed by atoms with E-state index in [0.717, 1.165) is 6.07 Å². The molecular weight excluding hydrogens is 274 g/mol. The van der Waals surface area contributed by atoms with E-state index in [1.807, 2.05) is 0 Å². The van der Waals surface area contributed by atoms with Crippen LogP contribution in [0.3, 0.4) is 0 Å². The first kappa shape index (κ1) is 14.2. The summed E-state index contributed by atoms with van der Waals surface area (Å²) in [6.07, 6.45) is 0. The van der Waals surface area contributed by atoms with E-state index in [-0.39, 0.29) is 24.7 Å². The minimum atomic E-state index is -1.24. The predicted octanol–water partition coefficient (Wildman–Crippen LogP) is 2.03. The highest BCUT2D eigenvalue weighted by molar-refractivity contribution is 5.71. The van der Waals surface area contributed by atoms with Gasteiger partial charge in [-0.25, -0.2) is 4.39 Å². The van der Waals surface area contributed by atoms with Crippen molar-refractivity contribution in [3.8, 4) is 0 Å². The maximum absolute atomic E-state index is 13.5. The Morgan fingerprint density at radius 2 is 2.10 bits per heavy atom. The molecule has 0 amide bonds. The second-order valence-corrected chi connectivity index (χ2v) is 4.80. The molecule has 0 saturated carbocycles. The lowest BCUT2D eigenvalue weighted by Crippen LogP contribution is -2.51. The summed E-state index contributed by atoms with van der Waals surface area (Å²) in [5, 5.41) is 19.7. The SMILES string of the molecule is CC(C(=O)O)C1CN(c2cc(F)cc(F)c2[N+](=O)[O-])C1. The third-order valence-electron chi connectivity index (χ3n) is 3.54. The van der Waals surface area contributed by atoms with Gasteiger partial charge in [-0.05, 0) is 0 Å². The molecule has 0 spiro atoms. The minimum Gasteiger partial charge on any atom is -0.481 e. The van der Waals surface area contributed by atoms with E-state index in [0.29, 0.717) is 6.07 Å². The lowest BCUT2D eigenvalue weighted by molar-refractivity contribution is -0.386. The van der Waals surface area contributed by atoms with Crippen LogP contribution in [0.2, 0.25) is 0 Å². The molecule has 8 heteroatoms. The number of carboxylic acid groups (broad SMARTS) is 1. The molecule has 0 aromatic heterocycles. The fourth-order valence-electron chi connectivity index (χ4n) is 2.20. The van der Waals surface area contributed by atoms with Crippen molar-refractivity contribution in [2.45, 2.75) is 6.92 Å². The van der Waals surface area contributed by atoms with E-state index < -0.39 is 34.1 Å². The zero-order valence-corrected chi connectivity index (χ0v) is 10.5. The van der Waals surface area contributed by atoms with Gasteiger partial charge < -0.3 is 10.0 Å². The standard InChI is InChI=1S/C12H12F2N2O4/c1-6(12(17)18)7-4-15(5-7)10-3-8(13)2-9(14)11(10)16(19)20/h2-3,6-7H,4-5H2,1H3,(H,17,18). The highest BCUT2D eigenvalue weighted by Crippen LogP contribution is 2.37. The van der Waals surface area contributed by atoms with Gasteiger partial charge in [0.1, 0.15) is 11.5 Å². The average Bonchev–Trinajstić information content (AvgIpc) is 2.24. The number of nitro groups is 1. The zero-order chi connectivity index (χ0) is 15.0. The lowest BCUT2D eigenvalue weighted by Gasteiger charge is -2.42. The van der Waals surface area contributed by atoms with Crippen LogP contribution in [0, 0.1) is 33.6 Å². The van der Waals surface area contributed by atoms with Crippen molar-refractivity contribution >= 4 is 17.3 Å². The second kappa shape index (κ2) is 5.03. The fourth-order valence-corrected chi connectivity index (χ4v) is 2.20. The Balaban J connectivity index is 2.24. The number of hydrogen-bond donors (Lipinski definition) is 1. The molecule has 1 saturated heterocycles. The molecule has 108 valence electrons. The minimum absolute atomic E-state index is 0.152. The summed E-state index contributed by atoms with van der Waals surface area (Å²) in [6, 6.07) is 1.35. The Morgan fingerprint density at radius 1 is 1.50 bits per heavy atom. The van der Waals surface area contributed by atoms with Crippen molar-refractivity contribution in [1.82, 2.24) is 0 Å². The molecule has 1 atom stereocenters. The van der Waals surface area contributed by atoms with Gasteiger partial charge in [-0.1, -0.05) is 6.92 Å². The molecule has 1 aliphatic rings. The number of halogens is 2. The van der Waals surface area contributed by atoms with E-state index in [2.05, 4.69) is 0 Å². The van der Waals surface area contributed by atoms with Gasteiger partial charge >= 0.3 is 11.7 Å². The Kier molecular flexibility index (Phi) is 3.56. The molecule has 0 radical (unpaired) electrons. The van der Waals surface area contributed by atoms with E-state index >= 15 is 0 Å². The molecule has 1 aliphatic heterocycles. The quantitative estimate of drug-likeness (QED) is 0.676. The van der Waals surface area contributed by atoms with Crippen molar-refractivity contribution in [2.24, 2.45) is 11.8 Å². The summed E-state index contributed by atoms with van der Waals surface area (Å²) < 4.78 is 26.7. The number of hydrogen-bond acceptors (Lipinski definition) is 4. The maximum atomic E-state index is 13.5. The number of carboxylic acids is 1. The molecule has 1 N–H and O–H groups in total. The molecule has 20 heavy (non-hydrogen) atoms. The third-order valence-corrected chi connectivity index (χ3v) is 3.54. The first-order chi connectivity index (χ1) is 9.31. The van der Waals surface area contributed by atoms with Crippen molar-refractivity contribution in [1.29, 1.82) is 0 Å². The molecule has 1 fully saturated rings. The molecular formula is C12H12F2N2O4. The van der Waals surface area contributed by atoms with E-state index in [4.69, 9.17) is 5.11 Å². The van der Waals surface area contributed by atoms with E-state index in [1.165, 1.54) is 11.8 Å². The second-order valence-electron chi connectivity index (χ2n) is 4.80. The van der Waals surface area contributed by atoms with Crippen LogP contribution < -0.4 is 4.90 Å². The summed E-state index contributed by atoms with van der Waals surface area (Å²) in [5.41, 5.74) is -0.936. The van der Waals surface area contributed by atoms with Crippen LogP contribution in [0.4, 0.5) is 20.2 Å². The number of nitrogens with zero attached hydrogens (tertiary/aromatic N) is 2. The predicted molar refractivity (Wildman–Crippen MR) is 65.5 cm³/mol. The van der Waals surface area contributed by atoms with Gasteiger partial charge in [-0.2, -0.15) is 4.39 Å². The topological polar surface area (TPSA) is 83.7 Å². The number of anilines is 1. The summed E-state index contributed by atoms with van der Waals surface area (Å²) in [5.74, 6) is -3.91. The van der Waals surface area contributed by atoms with Gasteiger partial charge in [-0.15, -0.1) is 0 Å². The van der Waals surface area contributed by atoms with Crippen molar-refractivity contribution in [2.75, 3.05) is 18.0 Å². The number of aliphatic carboxylic acids is 1. The highest BCUT2D eigenvalue weighted by Gasteiger charge is 2.38. The average molecular weight is 286 g/mol. The van der Waals surface area contributed by atoms with E-state index in [1.54, 1.807) is 0 Å². The van der Waals surface area contributed by atoms with Crippen LogP contribution in [0.5, 0.6) is 0 Å². The fraction of sp³-hybridized carbons (Fsp3) is 0.417. The highest BCUT2D eigenvalue weighted by atomic mass is 19.1. The van der Waals surface area contributed by atoms with Gasteiger partial charge in [0.25, 0.3) is 0 Å².